The van der Waals surface area contributed by atoms with Gasteiger partial charge in [0.15, 0.2) is 0 Å². The summed E-state index contributed by atoms with van der Waals surface area (Å²) in [6.45, 7) is 6.39. The van der Waals surface area contributed by atoms with E-state index >= 15 is 0 Å². The molecular weight excluding hydrogens is 400 g/mol. The number of amides is 1. The maximum absolute atomic E-state index is 13.2. The number of carbonyl (C=O) groups excluding carboxylic acids is 1. The number of likely N-dealkylation sites (N-methyl/N-ethyl adjacent to an activating group) is 1. The lowest BCUT2D eigenvalue weighted by Crippen LogP contribution is -2.38. The zero-order valence-corrected chi connectivity index (χ0v) is 18.6. The van der Waals surface area contributed by atoms with Crippen LogP contribution in [0.3, 0.4) is 0 Å². The first kappa shape index (κ1) is 21.4. The van der Waals surface area contributed by atoms with Gasteiger partial charge in [-0.05, 0) is 67.8 Å². The minimum absolute atomic E-state index is 0.117. The largest absolute Gasteiger partial charge is 0.311 e. The number of nitrogens with zero attached hydrogens (tertiary/aromatic N) is 4. The van der Waals surface area contributed by atoms with Crippen molar-refractivity contribution >= 4 is 22.4 Å². The van der Waals surface area contributed by atoms with Gasteiger partial charge in [-0.15, -0.1) is 0 Å². The third kappa shape index (κ3) is 4.30. The Labute approximate surface area is 187 Å². The summed E-state index contributed by atoms with van der Waals surface area (Å²) in [6, 6.07) is 17.2. The van der Waals surface area contributed by atoms with Crippen LogP contribution in [0.15, 0.2) is 71.8 Å². The van der Waals surface area contributed by atoms with Gasteiger partial charge in [0.25, 0.3) is 5.56 Å². The Hall–Kier alpha value is -3.80. The monoisotopic (exact) mass is 426 g/mol. The number of anilines is 1. The van der Waals surface area contributed by atoms with Crippen LogP contribution >= 0.6 is 0 Å². The Bertz CT molecular complexity index is 1330. The Balaban J connectivity index is 1.71. The molecule has 0 bridgehead atoms. The Kier molecular flexibility index (Phi) is 6.12. The molecule has 162 valence electrons. The summed E-state index contributed by atoms with van der Waals surface area (Å²) in [4.78, 5) is 32.1. The molecule has 0 saturated carbocycles. The number of pyridine rings is 1. The molecule has 1 amide bonds. The van der Waals surface area contributed by atoms with Gasteiger partial charge in [0.05, 0.1) is 11.1 Å². The van der Waals surface area contributed by atoms with Gasteiger partial charge in [-0.25, -0.2) is 4.68 Å². The van der Waals surface area contributed by atoms with Crippen molar-refractivity contribution in [3.8, 4) is 0 Å². The number of rotatable bonds is 6. The summed E-state index contributed by atoms with van der Waals surface area (Å²) >= 11 is 0. The van der Waals surface area contributed by atoms with Gasteiger partial charge in [-0.3, -0.25) is 14.6 Å². The molecule has 32 heavy (non-hydrogen) atoms. The highest BCUT2D eigenvalue weighted by Crippen LogP contribution is 2.20. The van der Waals surface area contributed by atoms with Crippen LogP contribution < -0.4 is 10.5 Å². The summed E-state index contributed by atoms with van der Waals surface area (Å²) in [6.07, 6.45) is 4.02. The maximum Gasteiger partial charge on any atom is 0.275 e. The van der Waals surface area contributed by atoms with Crippen LogP contribution in [0.5, 0.6) is 0 Å². The topological polar surface area (TPSA) is 68.1 Å². The highest BCUT2D eigenvalue weighted by atomic mass is 16.2. The van der Waals surface area contributed by atoms with Gasteiger partial charge in [-0.1, -0.05) is 24.3 Å². The molecule has 0 unspecified atom stereocenters. The number of aryl methyl sites for hydroxylation is 2. The molecule has 0 radical (unpaired) electrons. The van der Waals surface area contributed by atoms with E-state index in [1.165, 1.54) is 10.2 Å². The second kappa shape index (κ2) is 9.14. The number of fused-ring (bicyclic) bond motifs is 1. The highest BCUT2D eigenvalue weighted by Gasteiger charge is 2.18. The summed E-state index contributed by atoms with van der Waals surface area (Å²) in [7, 11) is 0. The molecule has 0 saturated heterocycles. The predicted octanol–water partition coefficient (Wildman–Crippen LogP) is 4.05. The van der Waals surface area contributed by atoms with Gasteiger partial charge in [0.1, 0.15) is 6.54 Å². The fourth-order valence-electron chi connectivity index (χ4n) is 3.85. The van der Waals surface area contributed by atoms with Crippen molar-refractivity contribution < 1.29 is 4.79 Å². The summed E-state index contributed by atoms with van der Waals surface area (Å²) in [5.74, 6) is -0.171. The van der Waals surface area contributed by atoms with E-state index in [0.29, 0.717) is 18.4 Å². The van der Waals surface area contributed by atoms with E-state index in [-0.39, 0.29) is 18.0 Å². The molecule has 0 fully saturated rings. The van der Waals surface area contributed by atoms with Crippen molar-refractivity contribution in [1.29, 1.82) is 0 Å². The molecule has 0 spiro atoms. The van der Waals surface area contributed by atoms with Crippen LogP contribution in [0.1, 0.15) is 29.3 Å². The second-order valence-electron chi connectivity index (χ2n) is 7.89. The molecule has 0 aliphatic rings. The third-order valence-electron chi connectivity index (χ3n) is 5.77. The van der Waals surface area contributed by atoms with E-state index in [2.05, 4.69) is 10.1 Å². The summed E-state index contributed by atoms with van der Waals surface area (Å²) < 4.78 is 1.30. The van der Waals surface area contributed by atoms with E-state index in [1.54, 1.807) is 23.4 Å². The number of carbonyl (C=O) groups is 1. The van der Waals surface area contributed by atoms with Crippen molar-refractivity contribution in [2.75, 3.05) is 11.4 Å². The standard InChI is InChI=1S/C26H26N4O2/c1-4-29(21-10-9-18(2)19(3)15-21)25(31)17-30-26(32)23-8-6-5-7-22(23)24(28-30)16-20-11-13-27-14-12-20/h5-15H,4,16-17H2,1-3H3. The van der Waals surface area contributed by atoms with Gasteiger partial charge >= 0.3 is 0 Å². The van der Waals surface area contributed by atoms with Crippen LogP contribution in [0, 0.1) is 13.8 Å². The zero-order chi connectivity index (χ0) is 22.7. The lowest BCUT2D eigenvalue weighted by molar-refractivity contribution is -0.119. The quantitative estimate of drug-likeness (QED) is 0.466. The van der Waals surface area contributed by atoms with Crippen molar-refractivity contribution in [3.63, 3.8) is 0 Å². The molecule has 0 atom stereocenters. The normalized spacial score (nSPS) is 11.0. The second-order valence-corrected chi connectivity index (χ2v) is 7.89. The number of benzene rings is 2. The minimum Gasteiger partial charge on any atom is -0.311 e. The van der Waals surface area contributed by atoms with E-state index in [1.807, 2.05) is 69.3 Å². The minimum atomic E-state index is -0.261. The van der Waals surface area contributed by atoms with Crippen LogP contribution in [0.4, 0.5) is 5.69 Å². The Morgan fingerprint density at radius 1 is 0.969 bits per heavy atom. The predicted molar refractivity (Wildman–Crippen MR) is 127 cm³/mol. The number of hydrogen-bond acceptors (Lipinski definition) is 4. The highest BCUT2D eigenvalue weighted by molar-refractivity contribution is 5.93. The molecule has 0 N–H and O–H groups in total. The van der Waals surface area contributed by atoms with Crippen molar-refractivity contribution in [1.82, 2.24) is 14.8 Å². The van der Waals surface area contributed by atoms with Crippen molar-refractivity contribution in [3.05, 3.63) is 99.7 Å². The molecule has 2 aromatic heterocycles. The lowest BCUT2D eigenvalue weighted by atomic mass is 10.1. The number of hydrogen-bond donors (Lipinski definition) is 0. The maximum atomic E-state index is 13.2. The lowest BCUT2D eigenvalue weighted by Gasteiger charge is -2.22. The summed E-state index contributed by atoms with van der Waals surface area (Å²) in [5, 5.41) is 5.98. The molecular formula is C26H26N4O2. The average molecular weight is 427 g/mol. The number of aromatic nitrogens is 3. The van der Waals surface area contributed by atoms with Crippen molar-refractivity contribution in [2.45, 2.75) is 33.7 Å². The first-order valence-corrected chi connectivity index (χ1v) is 10.7. The first-order valence-electron chi connectivity index (χ1n) is 10.7. The van der Waals surface area contributed by atoms with Gasteiger partial charge < -0.3 is 4.90 Å². The molecule has 0 aliphatic carbocycles. The molecule has 4 aromatic rings. The fraction of sp³-hybridized carbons (Fsp3) is 0.231. The van der Waals surface area contributed by atoms with Gasteiger partial charge in [0.2, 0.25) is 5.91 Å². The van der Waals surface area contributed by atoms with Crippen LogP contribution in [-0.2, 0) is 17.8 Å². The smallest absolute Gasteiger partial charge is 0.275 e. The Morgan fingerprint density at radius 2 is 1.69 bits per heavy atom. The molecule has 2 aromatic carbocycles. The van der Waals surface area contributed by atoms with E-state index < -0.39 is 0 Å². The Morgan fingerprint density at radius 3 is 2.38 bits per heavy atom. The van der Waals surface area contributed by atoms with Crippen molar-refractivity contribution in [2.24, 2.45) is 0 Å². The van der Waals surface area contributed by atoms with Gasteiger partial charge in [-0.2, -0.15) is 5.10 Å². The first-order chi connectivity index (χ1) is 15.5. The SMILES string of the molecule is CCN(C(=O)Cn1nc(Cc2ccncc2)c2ccccc2c1=O)c1ccc(C)c(C)c1. The average Bonchev–Trinajstić information content (AvgIpc) is 2.80. The molecule has 2 heterocycles. The molecule has 6 nitrogen and oxygen atoms in total. The van der Waals surface area contributed by atoms with Gasteiger partial charge in [0, 0.05) is 36.4 Å². The van der Waals surface area contributed by atoms with Crippen LogP contribution in [0.2, 0.25) is 0 Å². The zero-order valence-electron chi connectivity index (χ0n) is 18.6. The molecule has 0 aliphatic heterocycles. The molecule has 4 rings (SSSR count). The van der Waals surface area contributed by atoms with E-state index in [9.17, 15) is 9.59 Å². The van der Waals surface area contributed by atoms with E-state index in [0.717, 1.165) is 27.9 Å². The van der Waals surface area contributed by atoms with Crippen LogP contribution in [0.25, 0.3) is 10.8 Å². The van der Waals surface area contributed by atoms with E-state index in [4.69, 9.17) is 0 Å². The van der Waals surface area contributed by atoms with Crippen LogP contribution in [-0.4, -0.2) is 27.2 Å². The molecule has 6 heteroatoms. The fourth-order valence-corrected chi connectivity index (χ4v) is 3.85. The summed E-state index contributed by atoms with van der Waals surface area (Å²) in [5.41, 5.74) is 4.66. The third-order valence-corrected chi connectivity index (χ3v) is 5.77.